The van der Waals surface area contributed by atoms with Crippen LogP contribution < -0.4 is 5.32 Å². The summed E-state index contributed by atoms with van der Waals surface area (Å²) < 4.78 is 0. The van der Waals surface area contributed by atoms with Crippen molar-refractivity contribution in [2.24, 2.45) is 11.1 Å². The molecule has 0 rings (SSSR count). The molecule has 0 saturated heterocycles. The Labute approximate surface area is 93.8 Å². The van der Waals surface area contributed by atoms with E-state index in [4.69, 9.17) is 0 Å². The number of hydrogen-bond donors (Lipinski definition) is 1. The molecule has 6 heteroatoms. The highest BCUT2D eigenvalue weighted by atomic mass is 16.3. The van der Waals surface area contributed by atoms with E-state index in [2.05, 4.69) is 10.5 Å². The van der Waals surface area contributed by atoms with Crippen molar-refractivity contribution in [3.63, 3.8) is 0 Å². The predicted molar refractivity (Wildman–Crippen MR) is 57.5 cm³/mol. The number of ketones is 1. The molecule has 0 unspecified atom stereocenters. The molecule has 0 spiro atoms. The third-order valence-electron chi connectivity index (χ3n) is 1.90. The van der Waals surface area contributed by atoms with Crippen LogP contribution in [0.3, 0.4) is 0 Å². The van der Waals surface area contributed by atoms with Gasteiger partial charge in [-0.3, -0.25) is 14.4 Å². The maximum Gasteiger partial charge on any atom is 0.288 e. The van der Waals surface area contributed by atoms with E-state index in [0.29, 0.717) is 0 Å². The lowest BCUT2D eigenvalue weighted by molar-refractivity contribution is -0.129. The lowest BCUT2D eigenvalue weighted by Gasteiger charge is -2.14. The van der Waals surface area contributed by atoms with Gasteiger partial charge in [-0.2, -0.15) is 0 Å². The van der Waals surface area contributed by atoms with Gasteiger partial charge < -0.3 is 5.32 Å². The molecular weight excluding hydrogens is 212 g/mol. The lowest BCUT2D eigenvalue weighted by atomic mass is 10.1. The predicted octanol–water partition coefficient (Wildman–Crippen LogP) is 0.789. The highest BCUT2D eigenvalue weighted by molar-refractivity contribution is 5.92. The second-order valence-electron chi connectivity index (χ2n) is 4.02. The fraction of sp³-hybridized carbons (Fsp3) is 0.700. The number of amides is 2. The normalized spacial score (nSPS) is 12.0. The van der Waals surface area contributed by atoms with Crippen molar-refractivity contribution in [2.75, 3.05) is 0 Å². The number of nitrogens with one attached hydrogen (secondary N) is 1. The van der Waals surface area contributed by atoms with Crippen molar-refractivity contribution < 1.29 is 14.4 Å². The first-order chi connectivity index (χ1) is 7.36. The van der Waals surface area contributed by atoms with E-state index in [0.717, 1.165) is 0 Å². The maximum absolute atomic E-state index is 11.4. The van der Waals surface area contributed by atoms with Gasteiger partial charge in [-0.15, -0.1) is 4.91 Å². The van der Waals surface area contributed by atoms with Crippen molar-refractivity contribution in [3.05, 3.63) is 4.91 Å². The zero-order chi connectivity index (χ0) is 12.7. The molecular formula is C10H16N2O4. The van der Waals surface area contributed by atoms with Gasteiger partial charge in [-0.1, -0.05) is 13.8 Å². The quantitative estimate of drug-likeness (QED) is 0.680. The molecule has 0 aliphatic heterocycles. The van der Waals surface area contributed by atoms with Crippen LogP contribution in [0, 0.1) is 10.8 Å². The number of nitroso groups, excluding NO2 is 1. The topological polar surface area (TPSA) is 92.7 Å². The largest absolute Gasteiger partial charge is 0.346 e. The van der Waals surface area contributed by atoms with Crippen molar-refractivity contribution in [2.45, 2.75) is 39.7 Å². The molecule has 1 N–H and O–H groups in total. The average molecular weight is 228 g/mol. The van der Waals surface area contributed by atoms with Crippen molar-refractivity contribution in [1.82, 2.24) is 5.32 Å². The van der Waals surface area contributed by atoms with E-state index in [1.54, 1.807) is 0 Å². The zero-order valence-corrected chi connectivity index (χ0v) is 9.65. The molecule has 90 valence electrons. The van der Waals surface area contributed by atoms with Gasteiger partial charge in [0.15, 0.2) is 5.78 Å². The van der Waals surface area contributed by atoms with Crippen LogP contribution in [0.15, 0.2) is 5.18 Å². The fourth-order valence-corrected chi connectivity index (χ4v) is 1.13. The molecule has 0 saturated carbocycles. The van der Waals surface area contributed by atoms with Crippen LogP contribution >= 0.6 is 0 Å². The Morgan fingerprint density at radius 1 is 1.19 bits per heavy atom. The van der Waals surface area contributed by atoms with E-state index in [1.165, 1.54) is 6.92 Å². The van der Waals surface area contributed by atoms with Gasteiger partial charge in [0.1, 0.15) is 0 Å². The Hall–Kier alpha value is -1.59. The second kappa shape index (κ2) is 6.81. The molecule has 0 radical (unpaired) electrons. The van der Waals surface area contributed by atoms with Gasteiger partial charge in [0.2, 0.25) is 5.91 Å². The van der Waals surface area contributed by atoms with E-state index in [-0.39, 0.29) is 30.4 Å². The minimum Gasteiger partial charge on any atom is -0.346 e. The van der Waals surface area contributed by atoms with Crippen molar-refractivity contribution in [3.8, 4) is 0 Å². The van der Waals surface area contributed by atoms with Crippen molar-refractivity contribution in [1.29, 1.82) is 0 Å². The van der Waals surface area contributed by atoms with Gasteiger partial charge >= 0.3 is 0 Å². The highest BCUT2D eigenvalue weighted by Crippen LogP contribution is 2.02. The number of carbonyl (C=O) groups excluding carboxylic acids is 3. The summed E-state index contributed by atoms with van der Waals surface area (Å²) in [6.45, 7) is 4.97. The van der Waals surface area contributed by atoms with Crippen LogP contribution in [0.5, 0.6) is 0 Å². The maximum atomic E-state index is 11.4. The molecule has 6 nitrogen and oxygen atoms in total. The first-order valence-electron chi connectivity index (χ1n) is 5.02. The van der Waals surface area contributed by atoms with Crippen LogP contribution in [-0.4, -0.2) is 23.6 Å². The molecule has 0 heterocycles. The summed E-state index contributed by atoms with van der Waals surface area (Å²) in [7, 11) is 0. The summed E-state index contributed by atoms with van der Waals surface area (Å²) in [6, 6.07) is -0.948. The van der Waals surface area contributed by atoms with Gasteiger partial charge in [0.05, 0.1) is 12.5 Å². The second-order valence-corrected chi connectivity index (χ2v) is 4.02. The first kappa shape index (κ1) is 14.4. The molecule has 0 bridgehead atoms. The van der Waals surface area contributed by atoms with Gasteiger partial charge in [-0.25, -0.2) is 0 Å². The monoisotopic (exact) mass is 228 g/mol. The molecule has 0 aromatic heterocycles. The first-order valence-corrected chi connectivity index (χ1v) is 5.02. The van der Waals surface area contributed by atoms with Crippen LogP contribution in [-0.2, 0) is 14.4 Å². The molecule has 2 amide bonds. The number of Topliss-reactive ketones (excluding diaryl/α,β-unsaturated/α-hetero) is 1. The smallest absolute Gasteiger partial charge is 0.288 e. The molecule has 1 atom stereocenters. The van der Waals surface area contributed by atoms with Crippen LogP contribution in [0.1, 0.15) is 33.6 Å². The third kappa shape index (κ3) is 6.00. The Morgan fingerprint density at radius 3 is 2.12 bits per heavy atom. The minimum atomic E-state index is -0.948. The Bertz CT molecular complexity index is 299. The lowest BCUT2D eigenvalue weighted by Crippen LogP contribution is -2.41. The summed E-state index contributed by atoms with van der Waals surface area (Å²) in [4.78, 5) is 43.1. The standard InChI is InChI=1S/C10H16N2O4/c1-6(2)4-9(14)11-8(7(3)13)5-10(15)12-16/h6,8H,4-5H2,1-3H3,(H,11,14)/t8-/m0/s1. The van der Waals surface area contributed by atoms with Gasteiger partial charge in [0, 0.05) is 11.6 Å². The van der Waals surface area contributed by atoms with Crippen LogP contribution in [0.25, 0.3) is 0 Å². The summed E-state index contributed by atoms with van der Waals surface area (Å²) in [6.07, 6.45) is -0.102. The number of nitrogens with zero attached hydrogens (tertiary/aromatic N) is 1. The van der Waals surface area contributed by atoms with Crippen LogP contribution in [0.2, 0.25) is 0 Å². The Morgan fingerprint density at radius 2 is 1.75 bits per heavy atom. The molecule has 16 heavy (non-hydrogen) atoms. The Kier molecular flexibility index (Phi) is 6.14. The summed E-state index contributed by atoms with van der Waals surface area (Å²) in [5, 5.41) is 4.59. The summed E-state index contributed by atoms with van der Waals surface area (Å²) >= 11 is 0. The summed E-state index contributed by atoms with van der Waals surface area (Å²) in [5.41, 5.74) is 0. The molecule has 0 aromatic carbocycles. The van der Waals surface area contributed by atoms with Crippen LogP contribution in [0.4, 0.5) is 0 Å². The van der Waals surface area contributed by atoms with E-state index < -0.39 is 11.9 Å². The molecule has 0 fully saturated rings. The Balaban J connectivity index is 4.34. The number of rotatable bonds is 6. The van der Waals surface area contributed by atoms with Gasteiger partial charge in [-0.05, 0) is 12.8 Å². The van der Waals surface area contributed by atoms with E-state index >= 15 is 0 Å². The molecule has 0 aliphatic rings. The molecule has 0 aliphatic carbocycles. The number of hydrogen-bond acceptors (Lipinski definition) is 4. The minimum absolute atomic E-state index is 0.160. The zero-order valence-electron chi connectivity index (χ0n) is 9.65. The van der Waals surface area contributed by atoms with E-state index in [1.807, 2.05) is 13.8 Å². The molecule has 0 aromatic rings. The summed E-state index contributed by atoms with van der Waals surface area (Å²) in [5.74, 6) is -1.46. The SMILES string of the molecule is CC(=O)[C@H](CC(=O)N=O)NC(=O)CC(C)C. The fourth-order valence-electron chi connectivity index (χ4n) is 1.13. The highest BCUT2D eigenvalue weighted by Gasteiger charge is 2.21. The van der Waals surface area contributed by atoms with Crippen molar-refractivity contribution >= 4 is 17.6 Å². The van der Waals surface area contributed by atoms with E-state index in [9.17, 15) is 19.3 Å². The van der Waals surface area contributed by atoms with Gasteiger partial charge in [0.25, 0.3) is 5.91 Å². The average Bonchev–Trinajstić information content (AvgIpc) is 2.14. The third-order valence-corrected chi connectivity index (χ3v) is 1.90. The number of carbonyl (C=O) groups is 3.